The fraction of sp³-hybridized carbons (Fsp3) is 0.133. The normalized spacial score (nSPS) is 11.1. The van der Waals surface area contributed by atoms with E-state index < -0.39 is 9.84 Å². The monoisotopic (exact) mass is 321 g/mol. The van der Waals surface area contributed by atoms with Crippen LogP contribution in [0.1, 0.15) is 11.1 Å². The van der Waals surface area contributed by atoms with Gasteiger partial charge in [0.2, 0.25) is 0 Å². The smallest absolute Gasteiger partial charge is 0.175 e. The molecule has 0 aliphatic carbocycles. The highest BCUT2D eigenvalue weighted by atomic mass is 32.2. The Kier molecular flexibility index (Phi) is 4.59. The van der Waals surface area contributed by atoms with Crippen molar-refractivity contribution in [2.24, 2.45) is 5.73 Å². The maximum atomic E-state index is 11.5. The van der Waals surface area contributed by atoms with Crippen LogP contribution >= 0.6 is 12.2 Å². The Morgan fingerprint density at radius 1 is 1.19 bits per heavy atom. The van der Waals surface area contributed by atoms with E-state index in [0.29, 0.717) is 10.7 Å². The second-order valence-corrected chi connectivity index (χ2v) is 7.01. The first-order chi connectivity index (χ1) is 9.88. The summed E-state index contributed by atoms with van der Waals surface area (Å²) in [4.78, 5) is 0.529. The average molecular weight is 321 g/mol. The molecule has 2 aromatic carbocycles. The fourth-order valence-electron chi connectivity index (χ4n) is 1.84. The van der Waals surface area contributed by atoms with Crippen molar-refractivity contribution in [2.45, 2.75) is 11.5 Å². The summed E-state index contributed by atoms with van der Waals surface area (Å²) in [5.41, 5.74) is 7.27. The van der Waals surface area contributed by atoms with Crippen molar-refractivity contribution in [3.8, 4) is 5.75 Å². The second kappa shape index (κ2) is 6.24. The highest BCUT2D eigenvalue weighted by molar-refractivity contribution is 7.90. The Morgan fingerprint density at radius 2 is 1.90 bits per heavy atom. The largest absolute Gasteiger partial charge is 0.489 e. The molecule has 0 spiro atoms. The van der Waals surface area contributed by atoms with Gasteiger partial charge in [0.15, 0.2) is 9.84 Å². The van der Waals surface area contributed by atoms with Gasteiger partial charge in [0, 0.05) is 11.8 Å². The quantitative estimate of drug-likeness (QED) is 0.856. The van der Waals surface area contributed by atoms with Gasteiger partial charge in [-0.15, -0.1) is 0 Å². The molecule has 0 saturated heterocycles. The Morgan fingerprint density at radius 3 is 2.57 bits per heavy atom. The van der Waals surface area contributed by atoms with Crippen LogP contribution < -0.4 is 10.5 Å². The van der Waals surface area contributed by atoms with Crippen LogP contribution in [0.3, 0.4) is 0 Å². The van der Waals surface area contributed by atoms with Gasteiger partial charge in [-0.2, -0.15) is 0 Å². The van der Waals surface area contributed by atoms with Crippen molar-refractivity contribution in [1.82, 2.24) is 0 Å². The summed E-state index contributed by atoms with van der Waals surface area (Å²) in [7, 11) is -3.25. The topological polar surface area (TPSA) is 69.4 Å². The first-order valence-electron chi connectivity index (χ1n) is 6.18. The molecular formula is C15H15NO3S2. The first kappa shape index (κ1) is 15.5. The Bertz CT molecular complexity index is 770. The lowest BCUT2D eigenvalue weighted by Crippen LogP contribution is -2.13. The van der Waals surface area contributed by atoms with Crippen molar-refractivity contribution in [2.75, 3.05) is 6.26 Å². The standard InChI is InChI=1S/C15H15NO3S2/c1-21(17,18)13-7-4-6-12(9-13)19-10-11-5-2-3-8-14(11)15(16)20/h2-9H,10H2,1H3,(H2,16,20). The van der Waals surface area contributed by atoms with E-state index in [1.807, 2.05) is 24.3 Å². The minimum absolute atomic E-state index is 0.225. The van der Waals surface area contributed by atoms with Crippen molar-refractivity contribution in [1.29, 1.82) is 0 Å². The minimum Gasteiger partial charge on any atom is -0.489 e. The molecule has 0 saturated carbocycles. The lowest BCUT2D eigenvalue weighted by Gasteiger charge is -2.10. The first-order valence-corrected chi connectivity index (χ1v) is 8.48. The molecule has 0 radical (unpaired) electrons. The molecule has 110 valence electrons. The van der Waals surface area contributed by atoms with Gasteiger partial charge in [-0.25, -0.2) is 8.42 Å². The summed E-state index contributed by atoms with van der Waals surface area (Å²) in [5.74, 6) is 0.482. The molecule has 0 aromatic heterocycles. The highest BCUT2D eigenvalue weighted by Gasteiger charge is 2.09. The van der Waals surface area contributed by atoms with E-state index in [1.165, 1.54) is 12.1 Å². The van der Waals surface area contributed by atoms with Gasteiger partial charge < -0.3 is 10.5 Å². The third kappa shape index (κ3) is 4.03. The number of benzene rings is 2. The molecule has 6 heteroatoms. The zero-order chi connectivity index (χ0) is 15.5. The summed E-state index contributed by atoms with van der Waals surface area (Å²) < 4.78 is 28.7. The third-order valence-corrected chi connectivity index (χ3v) is 4.24. The molecule has 0 bridgehead atoms. The predicted octanol–water partition coefficient (Wildman–Crippen LogP) is 2.30. The lowest BCUT2D eigenvalue weighted by atomic mass is 10.1. The van der Waals surface area contributed by atoms with Crippen LogP contribution in [-0.2, 0) is 16.4 Å². The van der Waals surface area contributed by atoms with Gasteiger partial charge in [-0.3, -0.25) is 0 Å². The molecule has 0 unspecified atom stereocenters. The molecule has 0 aliphatic heterocycles. The predicted molar refractivity (Wildman–Crippen MR) is 86.2 cm³/mol. The molecule has 0 heterocycles. The maximum absolute atomic E-state index is 11.5. The van der Waals surface area contributed by atoms with E-state index in [9.17, 15) is 8.42 Å². The van der Waals surface area contributed by atoms with Crippen LogP contribution in [0, 0.1) is 0 Å². The highest BCUT2D eigenvalue weighted by Crippen LogP contribution is 2.19. The van der Waals surface area contributed by atoms with Crippen LogP contribution in [0.4, 0.5) is 0 Å². The van der Waals surface area contributed by atoms with Gasteiger partial charge in [-0.1, -0.05) is 42.5 Å². The van der Waals surface area contributed by atoms with Crippen LogP contribution in [0.5, 0.6) is 5.75 Å². The molecule has 2 N–H and O–H groups in total. The van der Waals surface area contributed by atoms with Crippen molar-refractivity contribution < 1.29 is 13.2 Å². The van der Waals surface area contributed by atoms with Crippen LogP contribution in [0.2, 0.25) is 0 Å². The van der Waals surface area contributed by atoms with E-state index in [4.69, 9.17) is 22.7 Å². The second-order valence-electron chi connectivity index (χ2n) is 4.56. The SMILES string of the molecule is CS(=O)(=O)c1cccc(OCc2ccccc2C(N)=S)c1. The van der Waals surface area contributed by atoms with Crippen molar-refractivity contribution in [3.05, 3.63) is 59.7 Å². The summed E-state index contributed by atoms with van der Waals surface area (Å²) in [5, 5.41) is 0. The molecule has 0 aliphatic rings. The van der Waals surface area contributed by atoms with Crippen molar-refractivity contribution >= 4 is 27.0 Å². The molecule has 2 aromatic rings. The average Bonchev–Trinajstić information content (AvgIpc) is 2.45. The zero-order valence-electron chi connectivity index (χ0n) is 11.4. The van der Waals surface area contributed by atoms with E-state index in [-0.39, 0.29) is 11.5 Å². The Balaban J connectivity index is 2.20. The third-order valence-electron chi connectivity index (χ3n) is 2.91. The van der Waals surface area contributed by atoms with E-state index in [0.717, 1.165) is 17.4 Å². The number of ether oxygens (including phenoxy) is 1. The summed E-state index contributed by atoms with van der Waals surface area (Å²) in [6.07, 6.45) is 1.16. The van der Waals surface area contributed by atoms with Crippen molar-refractivity contribution in [3.63, 3.8) is 0 Å². The molecule has 0 fully saturated rings. The Labute approximate surface area is 129 Å². The zero-order valence-corrected chi connectivity index (χ0v) is 13.1. The van der Waals surface area contributed by atoms with Crippen LogP contribution in [0.25, 0.3) is 0 Å². The molecule has 2 rings (SSSR count). The minimum atomic E-state index is -3.25. The summed E-state index contributed by atoms with van der Waals surface area (Å²) >= 11 is 4.99. The molecular weight excluding hydrogens is 306 g/mol. The van der Waals surface area contributed by atoms with E-state index in [2.05, 4.69) is 0 Å². The number of nitrogens with two attached hydrogens (primary N) is 1. The van der Waals surface area contributed by atoms with E-state index >= 15 is 0 Å². The molecule has 4 nitrogen and oxygen atoms in total. The number of hydrogen-bond acceptors (Lipinski definition) is 4. The molecule has 0 atom stereocenters. The van der Waals surface area contributed by atoms with Crippen LogP contribution in [0.15, 0.2) is 53.4 Å². The van der Waals surface area contributed by atoms with Gasteiger partial charge in [0.05, 0.1) is 4.90 Å². The fourth-order valence-corrected chi connectivity index (χ4v) is 2.70. The number of sulfone groups is 1. The summed E-state index contributed by atoms with van der Waals surface area (Å²) in [6, 6.07) is 13.8. The van der Waals surface area contributed by atoms with Gasteiger partial charge >= 0.3 is 0 Å². The van der Waals surface area contributed by atoms with Gasteiger partial charge in [-0.05, 0) is 23.8 Å². The summed E-state index contributed by atoms with van der Waals surface area (Å²) in [6.45, 7) is 0.265. The maximum Gasteiger partial charge on any atom is 0.175 e. The van der Waals surface area contributed by atoms with Gasteiger partial charge in [0.25, 0.3) is 0 Å². The number of hydrogen-bond donors (Lipinski definition) is 1. The Hall–Kier alpha value is -1.92. The number of thiocarbonyl (C=S) groups is 1. The molecule has 0 amide bonds. The number of rotatable bonds is 5. The van der Waals surface area contributed by atoms with Gasteiger partial charge in [0.1, 0.15) is 17.3 Å². The van der Waals surface area contributed by atoms with E-state index in [1.54, 1.807) is 12.1 Å². The lowest BCUT2D eigenvalue weighted by molar-refractivity contribution is 0.305. The van der Waals surface area contributed by atoms with Crippen LogP contribution in [-0.4, -0.2) is 19.7 Å². The molecule has 21 heavy (non-hydrogen) atoms.